The molecule has 0 aliphatic carbocycles. The monoisotopic (exact) mass is 271 g/mol. The summed E-state index contributed by atoms with van der Waals surface area (Å²) >= 11 is 0. The number of carbonyl (C=O) groups excluding carboxylic acids is 1. The Labute approximate surface area is 118 Å². The first kappa shape index (κ1) is 14.0. The van der Waals surface area contributed by atoms with Crippen LogP contribution >= 0.6 is 0 Å². The number of rotatable bonds is 3. The van der Waals surface area contributed by atoms with Crippen LogP contribution in [0.4, 0.5) is 11.6 Å². The third-order valence-electron chi connectivity index (χ3n) is 2.89. The Hall–Kier alpha value is -2.43. The van der Waals surface area contributed by atoms with Crippen LogP contribution in [-0.4, -0.2) is 23.0 Å². The second-order valence-electron chi connectivity index (χ2n) is 4.65. The fourth-order valence-corrected chi connectivity index (χ4v) is 1.82. The number of carbonyl (C=O) groups is 1. The molecule has 0 unspecified atom stereocenters. The van der Waals surface area contributed by atoms with Gasteiger partial charge < -0.3 is 10.1 Å². The lowest BCUT2D eigenvalue weighted by Gasteiger charge is -2.10. The highest BCUT2D eigenvalue weighted by atomic mass is 16.5. The minimum Gasteiger partial charge on any atom is -0.464 e. The third-order valence-corrected chi connectivity index (χ3v) is 2.89. The number of nitrogens with zero attached hydrogens (tertiary/aromatic N) is 2. The SMILES string of the molecule is COC(=O)c1cc(C)nc(Nc2cc(C)ccc2C)n1. The van der Waals surface area contributed by atoms with E-state index in [9.17, 15) is 4.79 Å². The molecule has 2 aromatic rings. The molecule has 2 rings (SSSR count). The summed E-state index contributed by atoms with van der Waals surface area (Å²) < 4.78 is 4.68. The van der Waals surface area contributed by atoms with Crippen LogP contribution in [0.25, 0.3) is 0 Å². The lowest BCUT2D eigenvalue weighted by atomic mass is 10.1. The fourth-order valence-electron chi connectivity index (χ4n) is 1.82. The van der Waals surface area contributed by atoms with Crippen LogP contribution in [-0.2, 0) is 4.74 Å². The van der Waals surface area contributed by atoms with Gasteiger partial charge in [-0.2, -0.15) is 0 Å². The molecular weight excluding hydrogens is 254 g/mol. The predicted octanol–water partition coefficient (Wildman–Crippen LogP) is 2.93. The second-order valence-corrected chi connectivity index (χ2v) is 4.65. The molecule has 0 atom stereocenters. The van der Waals surface area contributed by atoms with Crippen molar-refractivity contribution in [3.63, 3.8) is 0 Å². The highest BCUT2D eigenvalue weighted by molar-refractivity contribution is 5.87. The Morgan fingerprint density at radius 1 is 1.15 bits per heavy atom. The maximum absolute atomic E-state index is 11.6. The van der Waals surface area contributed by atoms with Crippen molar-refractivity contribution in [3.8, 4) is 0 Å². The normalized spacial score (nSPS) is 10.2. The van der Waals surface area contributed by atoms with E-state index < -0.39 is 5.97 Å². The molecule has 1 aromatic heterocycles. The van der Waals surface area contributed by atoms with Gasteiger partial charge >= 0.3 is 5.97 Å². The van der Waals surface area contributed by atoms with E-state index in [2.05, 4.69) is 20.0 Å². The molecule has 0 aliphatic rings. The highest BCUT2D eigenvalue weighted by Gasteiger charge is 2.11. The Bertz CT molecular complexity index is 654. The minimum atomic E-state index is -0.473. The van der Waals surface area contributed by atoms with Gasteiger partial charge in [0.25, 0.3) is 0 Å². The van der Waals surface area contributed by atoms with E-state index in [1.54, 1.807) is 6.07 Å². The topological polar surface area (TPSA) is 64.1 Å². The first-order valence-electron chi connectivity index (χ1n) is 6.28. The zero-order valence-corrected chi connectivity index (χ0v) is 12.0. The number of nitrogens with one attached hydrogen (secondary N) is 1. The van der Waals surface area contributed by atoms with Crippen LogP contribution in [0.1, 0.15) is 27.3 Å². The zero-order valence-electron chi connectivity index (χ0n) is 12.0. The van der Waals surface area contributed by atoms with Crippen molar-refractivity contribution in [2.45, 2.75) is 20.8 Å². The van der Waals surface area contributed by atoms with Crippen LogP contribution in [0.3, 0.4) is 0 Å². The fraction of sp³-hybridized carbons (Fsp3) is 0.267. The van der Waals surface area contributed by atoms with E-state index in [0.29, 0.717) is 11.6 Å². The maximum atomic E-state index is 11.6. The van der Waals surface area contributed by atoms with Gasteiger partial charge in [0.05, 0.1) is 7.11 Å². The number of esters is 1. The molecule has 0 spiro atoms. The summed E-state index contributed by atoms with van der Waals surface area (Å²) in [6.07, 6.45) is 0. The molecule has 0 bridgehead atoms. The van der Waals surface area contributed by atoms with Crippen LogP contribution in [0.15, 0.2) is 24.3 Å². The molecule has 0 radical (unpaired) electrons. The number of aromatic nitrogens is 2. The maximum Gasteiger partial charge on any atom is 0.356 e. The quantitative estimate of drug-likeness (QED) is 0.869. The van der Waals surface area contributed by atoms with E-state index in [-0.39, 0.29) is 5.69 Å². The van der Waals surface area contributed by atoms with Crippen molar-refractivity contribution < 1.29 is 9.53 Å². The van der Waals surface area contributed by atoms with Gasteiger partial charge in [-0.05, 0) is 44.0 Å². The van der Waals surface area contributed by atoms with Crippen LogP contribution in [0.2, 0.25) is 0 Å². The van der Waals surface area contributed by atoms with Crippen molar-refractivity contribution in [2.24, 2.45) is 0 Å². The number of benzene rings is 1. The number of ether oxygens (including phenoxy) is 1. The van der Waals surface area contributed by atoms with Gasteiger partial charge in [-0.3, -0.25) is 0 Å². The largest absolute Gasteiger partial charge is 0.464 e. The Kier molecular flexibility index (Phi) is 3.98. The lowest BCUT2D eigenvalue weighted by molar-refractivity contribution is 0.0594. The molecule has 1 aromatic carbocycles. The van der Waals surface area contributed by atoms with Gasteiger partial charge in [0.1, 0.15) is 0 Å². The molecule has 1 N–H and O–H groups in total. The average molecular weight is 271 g/mol. The van der Waals surface area contributed by atoms with E-state index in [4.69, 9.17) is 0 Å². The van der Waals surface area contributed by atoms with Crippen molar-refractivity contribution in [3.05, 3.63) is 46.8 Å². The Morgan fingerprint density at radius 3 is 2.60 bits per heavy atom. The smallest absolute Gasteiger partial charge is 0.356 e. The highest BCUT2D eigenvalue weighted by Crippen LogP contribution is 2.20. The lowest BCUT2D eigenvalue weighted by Crippen LogP contribution is -2.09. The summed E-state index contributed by atoms with van der Waals surface area (Å²) in [6, 6.07) is 7.67. The molecule has 5 nitrogen and oxygen atoms in total. The number of anilines is 2. The molecule has 0 amide bonds. The molecule has 0 saturated carbocycles. The first-order chi connectivity index (χ1) is 9.49. The summed E-state index contributed by atoms with van der Waals surface area (Å²) in [5.74, 6) is -0.0846. The van der Waals surface area contributed by atoms with Crippen LogP contribution < -0.4 is 5.32 Å². The van der Waals surface area contributed by atoms with Gasteiger partial charge in [0.15, 0.2) is 5.69 Å². The number of aryl methyl sites for hydroxylation is 3. The van der Waals surface area contributed by atoms with Crippen molar-refractivity contribution >= 4 is 17.6 Å². The summed E-state index contributed by atoms with van der Waals surface area (Å²) in [5.41, 5.74) is 4.09. The van der Waals surface area contributed by atoms with Crippen LogP contribution in [0.5, 0.6) is 0 Å². The Balaban J connectivity index is 2.36. The molecule has 0 aliphatic heterocycles. The summed E-state index contributed by atoms with van der Waals surface area (Å²) in [7, 11) is 1.33. The second kappa shape index (κ2) is 5.69. The average Bonchev–Trinajstić information content (AvgIpc) is 2.41. The molecule has 1 heterocycles. The van der Waals surface area contributed by atoms with Crippen molar-refractivity contribution in [2.75, 3.05) is 12.4 Å². The molecular formula is C15H17N3O2. The Morgan fingerprint density at radius 2 is 1.90 bits per heavy atom. The van der Waals surface area contributed by atoms with E-state index in [1.807, 2.05) is 39.0 Å². The summed E-state index contributed by atoms with van der Waals surface area (Å²) in [5, 5.41) is 3.14. The first-order valence-corrected chi connectivity index (χ1v) is 6.28. The standard InChI is InChI=1S/C15H17N3O2/c1-9-5-6-10(2)12(7-9)17-15-16-11(3)8-13(18-15)14(19)20-4/h5-8H,1-4H3,(H,16,17,18). The van der Waals surface area contributed by atoms with Gasteiger partial charge in [0, 0.05) is 11.4 Å². The number of hydrogen-bond acceptors (Lipinski definition) is 5. The molecule has 20 heavy (non-hydrogen) atoms. The molecule has 5 heteroatoms. The molecule has 104 valence electrons. The van der Waals surface area contributed by atoms with Crippen LogP contribution in [0, 0.1) is 20.8 Å². The third kappa shape index (κ3) is 3.12. The molecule has 0 fully saturated rings. The van der Waals surface area contributed by atoms with Gasteiger partial charge in [-0.1, -0.05) is 12.1 Å². The van der Waals surface area contributed by atoms with E-state index in [1.165, 1.54) is 7.11 Å². The van der Waals surface area contributed by atoms with Crippen molar-refractivity contribution in [1.29, 1.82) is 0 Å². The summed E-state index contributed by atoms with van der Waals surface area (Å²) in [4.78, 5) is 20.0. The van der Waals surface area contributed by atoms with E-state index in [0.717, 1.165) is 16.8 Å². The number of methoxy groups -OCH3 is 1. The predicted molar refractivity (Wildman–Crippen MR) is 77.3 cm³/mol. The van der Waals surface area contributed by atoms with Gasteiger partial charge in [0.2, 0.25) is 5.95 Å². The minimum absolute atomic E-state index is 0.243. The van der Waals surface area contributed by atoms with E-state index >= 15 is 0 Å². The van der Waals surface area contributed by atoms with Gasteiger partial charge in [-0.25, -0.2) is 14.8 Å². The molecule has 0 saturated heterocycles. The zero-order chi connectivity index (χ0) is 14.7. The summed E-state index contributed by atoms with van der Waals surface area (Å²) in [6.45, 7) is 5.82. The number of hydrogen-bond donors (Lipinski definition) is 1. The van der Waals surface area contributed by atoms with Crippen molar-refractivity contribution in [1.82, 2.24) is 9.97 Å². The van der Waals surface area contributed by atoms with Gasteiger partial charge in [-0.15, -0.1) is 0 Å².